The van der Waals surface area contributed by atoms with E-state index in [0.717, 1.165) is 55.2 Å². The molecule has 0 unspecified atom stereocenters. The number of rotatable bonds is 30. The highest BCUT2D eigenvalue weighted by Gasteiger charge is 2.25. The fourth-order valence-corrected chi connectivity index (χ4v) is 12.0. The van der Waals surface area contributed by atoms with Gasteiger partial charge in [-0.2, -0.15) is 15.8 Å². The van der Waals surface area contributed by atoms with E-state index < -0.39 is 17.5 Å². The van der Waals surface area contributed by atoms with Gasteiger partial charge in [-0.3, -0.25) is 14.4 Å². The summed E-state index contributed by atoms with van der Waals surface area (Å²) in [5.74, 6) is 2.00. The minimum atomic E-state index is -0.657. The highest BCUT2D eigenvalue weighted by Crippen LogP contribution is 2.37. The molecule has 12 heteroatoms. The number of hydrogen-bond acceptors (Lipinski definition) is 9. The van der Waals surface area contributed by atoms with Gasteiger partial charge in [-0.05, 0) is 91.2 Å². The molecule has 444 valence electrons. The topological polar surface area (TPSA) is 150 Å². The van der Waals surface area contributed by atoms with Gasteiger partial charge in [-0.15, -0.1) is 0 Å². The molecule has 3 saturated carbocycles. The van der Waals surface area contributed by atoms with E-state index in [9.17, 15) is 27.6 Å². The second kappa shape index (κ2) is 40.5. The third kappa shape index (κ3) is 28.2. The molecule has 0 radical (unpaired) electrons. The van der Waals surface area contributed by atoms with Crippen LogP contribution in [0.2, 0.25) is 0 Å². The van der Waals surface area contributed by atoms with Crippen LogP contribution in [0.15, 0.2) is 54.6 Å². The van der Waals surface area contributed by atoms with E-state index in [1.165, 1.54) is 229 Å². The second-order valence-electron chi connectivity index (χ2n) is 23.6. The first-order chi connectivity index (χ1) is 39.4. The summed E-state index contributed by atoms with van der Waals surface area (Å²) in [5, 5.41) is 26.2. The van der Waals surface area contributed by atoms with E-state index in [1.54, 1.807) is 18.2 Å². The molecule has 3 fully saturated rings. The zero-order chi connectivity index (χ0) is 58.5. The molecule has 0 N–H and O–H groups in total. The lowest BCUT2D eigenvalue weighted by molar-refractivity contribution is -0.135. The molecule has 3 aliphatic carbocycles. The summed E-state index contributed by atoms with van der Waals surface area (Å²) >= 11 is 0. The van der Waals surface area contributed by atoms with E-state index in [0.29, 0.717) is 37.0 Å². The number of hydrogen-bond donors (Lipinski definition) is 0. The van der Waals surface area contributed by atoms with Crippen molar-refractivity contribution in [3.63, 3.8) is 0 Å². The van der Waals surface area contributed by atoms with Crippen molar-refractivity contribution in [2.24, 2.45) is 35.5 Å². The maximum Gasteiger partial charge on any atom is 0.311 e. The van der Waals surface area contributed by atoms with Gasteiger partial charge in [0.25, 0.3) is 0 Å². The molecule has 0 saturated heterocycles. The molecule has 0 spiro atoms. The Bertz CT molecular complexity index is 2420. The van der Waals surface area contributed by atoms with Crippen molar-refractivity contribution < 1.29 is 41.8 Å². The highest BCUT2D eigenvalue weighted by molar-refractivity contribution is 5.73. The number of halogens is 3. The predicted octanol–water partition coefficient (Wildman–Crippen LogP) is 19.6. The van der Waals surface area contributed by atoms with Crippen molar-refractivity contribution in [3.05, 3.63) is 88.7 Å². The van der Waals surface area contributed by atoms with Crippen LogP contribution in [0.1, 0.15) is 269 Å². The normalized spacial score (nSPS) is 19.4. The molecule has 3 aromatic carbocycles. The Balaban J connectivity index is 0.000000262. The molecular formula is C69H96F3N3O6. The minimum absolute atomic E-state index is 0.0440. The zero-order valence-corrected chi connectivity index (χ0v) is 49.5. The lowest BCUT2D eigenvalue weighted by Crippen LogP contribution is -2.17. The van der Waals surface area contributed by atoms with E-state index in [2.05, 4.69) is 20.8 Å². The summed E-state index contributed by atoms with van der Waals surface area (Å²) in [6, 6.07) is 17.0. The first kappa shape index (κ1) is 67.8. The van der Waals surface area contributed by atoms with Gasteiger partial charge >= 0.3 is 17.9 Å². The van der Waals surface area contributed by atoms with Crippen LogP contribution < -0.4 is 14.2 Å². The fraction of sp³-hybridized carbons (Fsp3) is 0.652. The van der Waals surface area contributed by atoms with Gasteiger partial charge in [0.15, 0.2) is 0 Å². The van der Waals surface area contributed by atoms with E-state index in [4.69, 9.17) is 30.0 Å². The van der Waals surface area contributed by atoms with Crippen molar-refractivity contribution in [2.75, 3.05) is 0 Å². The van der Waals surface area contributed by atoms with Crippen LogP contribution in [0.5, 0.6) is 17.2 Å². The van der Waals surface area contributed by atoms with Gasteiger partial charge in [0.1, 0.15) is 52.9 Å². The summed E-state index contributed by atoms with van der Waals surface area (Å²) in [6.07, 6.45) is 43.0. The predicted molar refractivity (Wildman–Crippen MR) is 314 cm³/mol. The van der Waals surface area contributed by atoms with Crippen molar-refractivity contribution in [3.8, 4) is 35.5 Å². The zero-order valence-electron chi connectivity index (χ0n) is 49.5. The molecule has 3 aliphatic rings. The number of carbonyl (C=O) groups excluding carboxylic acids is 3. The number of esters is 3. The van der Waals surface area contributed by atoms with Gasteiger partial charge in [-0.25, -0.2) is 13.2 Å². The summed E-state index contributed by atoms with van der Waals surface area (Å²) < 4.78 is 56.3. The molecule has 0 heterocycles. The lowest BCUT2D eigenvalue weighted by atomic mass is 9.78. The Morgan fingerprint density at radius 3 is 0.827 bits per heavy atom. The van der Waals surface area contributed by atoms with E-state index in [-0.39, 0.29) is 51.8 Å². The number of unbranched alkanes of at least 4 members (excludes halogenated alkanes) is 12. The molecule has 9 nitrogen and oxygen atoms in total. The van der Waals surface area contributed by atoms with Crippen molar-refractivity contribution in [1.82, 2.24) is 0 Å². The van der Waals surface area contributed by atoms with Gasteiger partial charge in [0.05, 0.1) is 16.7 Å². The summed E-state index contributed by atoms with van der Waals surface area (Å²) in [6.45, 7) is 6.75. The van der Waals surface area contributed by atoms with Gasteiger partial charge in [0, 0.05) is 37.5 Å². The molecule has 6 rings (SSSR count). The van der Waals surface area contributed by atoms with Crippen LogP contribution in [-0.4, -0.2) is 17.9 Å². The second-order valence-corrected chi connectivity index (χ2v) is 23.6. The number of ether oxygens (including phenoxy) is 3. The fourth-order valence-electron chi connectivity index (χ4n) is 12.0. The van der Waals surface area contributed by atoms with Crippen molar-refractivity contribution >= 4 is 17.9 Å². The van der Waals surface area contributed by atoms with E-state index in [1.807, 2.05) is 0 Å². The molecule has 0 aliphatic heterocycles. The lowest BCUT2D eigenvalue weighted by Gasteiger charge is -2.28. The molecule has 0 atom stereocenters. The Labute approximate surface area is 485 Å². The summed E-state index contributed by atoms with van der Waals surface area (Å²) in [7, 11) is 0. The highest BCUT2D eigenvalue weighted by atomic mass is 19.1. The third-order valence-corrected chi connectivity index (χ3v) is 17.2. The molecule has 0 bridgehead atoms. The van der Waals surface area contributed by atoms with Crippen molar-refractivity contribution in [1.29, 1.82) is 15.8 Å². The number of nitriles is 3. The number of carbonyl (C=O) groups is 3. The first-order valence-electron chi connectivity index (χ1n) is 31.6. The van der Waals surface area contributed by atoms with Crippen LogP contribution in [-0.2, 0) is 14.4 Å². The summed E-state index contributed by atoms with van der Waals surface area (Å²) in [4.78, 5) is 36.0. The van der Waals surface area contributed by atoms with Gasteiger partial charge in [0.2, 0.25) is 0 Å². The van der Waals surface area contributed by atoms with Gasteiger partial charge in [-0.1, -0.05) is 213 Å². The summed E-state index contributed by atoms with van der Waals surface area (Å²) in [5.41, 5.74) is -0.134. The molecular weight excluding hydrogens is 1020 g/mol. The third-order valence-electron chi connectivity index (χ3n) is 17.2. The standard InChI is InChI=1S/C24H34FNO2.C23H32FNO2.C22H30FNO2/c1-2-3-4-5-6-7-8-19-9-11-20(12-10-19)13-16-24(27)28-22-15-14-21(18-26)23(25)17-22;1-2-3-4-5-6-7-18-8-10-19(11-9-18)12-15-23(26)27-21-14-13-20(17-25)22(24)16-21;1-2-3-4-5-6-17-7-9-18(10-8-17)11-14-22(25)26-20-13-12-19(16-24)21(23)15-20/h14-15,17,19-20H,2-13,16H2,1H3;13-14,16,18-19H,2-12,15H2,1H3;12-13,15,17-18H,2-11,14H2,1H3. The SMILES string of the molecule is CCCCCCC1CCC(CCC(=O)Oc2ccc(C#N)c(F)c2)CC1.CCCCCCCC1CCC(CCC(=O)Oc2ccc(C#N)c(F)c2)CC1.CCCCCCCCC1CCC(CCC(=O)Oc2ccc(C#N)c(F)c2)CC1. The number of benzene rings is 3. The molecule has 0 amide bonds. The Hall–Kier alpha value is -5.67. The van der Waals surface area contributed by atoms with E-state index >= 15 is 0 Å². The Kier molecular flexibility index (Phi) is 33.9. The van der Waals surface area contributed by atoms with Crippen molar-refractivity contribution in [2.45, 2.75) is 252 Å². The van der Waals surface area contributed by atoms with Crippen LogP contribution in [0.25, 0.3) is 0 Å². The van der Waals surface area contributed by atoms with Crippen LogP contribution in [0.3, 0.4) is 0 Å². The molecule has 3 aromatic rings. The first-order valence-corrected chi connectivity index (χ1v) is 31.6. The monoisotopic (exact) mass is 1120 g/mol. The average molecular weight is 1120 g/mol. The maximum atomic E-state index is 13.6. The molecule has 81 heavy (non-hydrogen) atoms. The quantitative estimate of drug-likeness (QED) is 0.0361. The van der Waals surface area contributed by atoms with Crippen LogP contribution in [0, 0.1) is 87.0 Å². The van der Waals surface area contributed by atoms with Crippen LogP contribution in [0.4, 0.5) is 13.2 Å². The van der Waals surface area contributed by atoms with Gasteiger partial charge < -0.3 is 14.2 Å². The Morgan fingerprint density at radius 2 is 0.593 bits per heavy atom. The Morgan fingerprint density at radius 1 is 0.370 bits per heavy atom. The largest absolute Gasteiger partial charge is 0.426 e. The maximum absolute atomic E-state index is 13.6. The minimum Gasteiger partial charge on any atom is -0.426 e. The average Bonchev–Trinajstić information content (AvgIpc) is 3.48. The number of nitrogens with zero attached hydrogens (tertiary/aromatic N) is 3. The van der Waals surface area contributed by atoms with Crippen LogP contribution >= 0.6 is 0 Å². The smallest absolute Gasteiger partial charge is 0.311 e. The molecule has 0 aromatic heterocycles.